The molecule has 3 aromatic carbocycles. The Bertz CT molecular complexity index is 1520. The van der Waals surface area contributed by atoms with Gasteiger partial charge in [-0.15, -0.1) is 0 Å². The number of benzene rings is 3. The summed E-state index contributed by atoms with van der Waals surface area (Å²) in [5.41, 5.74) is -0.940. The van der Waals surface area contributed by atoms with Crippen LogP contribution in [-0.4, -0.2) is 132 Å². The van der Waals surface area contributed by atoms with Gasteiger partial charge in [0.15, 0.2) is 0 Å². The smallest absolute Gasteiger partial charge is 0.335 e. The zero-order valence-electron chi connectivity index (χ0n) is 23.0. The quantitative estimate of drug-likeness (QED) is 0.120. The molecule has 0 aliphatic heterocycles. The van der Waals surface area contributed by atoms with Crippen molar-refractivity contribution >= 4 is 75.5 Å². The summed E-state index contributed by atoms with van der Waals surface area (Å²) in [4.78, 5) is 61.8. The third-order valence-corrected chi connectivity index (χ3v) is 5.36. The zero-order chi connectivity index (χ0) is 34.2. The van der Waals surface area contributed by atoms with Gasteiger partial charge < -0.3 is 40.9 Å². The number of aliphatic hydroxyl groups is 2. The first-order valence-electron chi connectivity index (χ1n) is 11.3. The van der Waals surface area contributed by atoms with Crippen LogP contribution >= 0.6 is 0 Å². The third-order valence-electron chi connectivity index (χ3n) is 4.53. The molecular weight excluding hydrogens is 639 g/mol. The fourth-order valence-corrected chi connectivity index (χ4v) is 3.09. The van der Waals surface area contributed by atoms with Crippen LogP contribution in [0.2, 0.25) is 0 Å². The number of aromatic carboxylic acids is 6. The Morgan fingerprint density at radius 1 is 0.467 bits per heavy atom. The van der Waals surface area contributed by atoms with Gasteiger partial charge in [0.1, 0.15) is 0 Å². The first kappa shape index (κ1) is 42.4. The van der Waals surface area contributed by atoms with Crippen LogP contribution in [-0.2, 0) is 10.1 Å². The Morgan fingerprint density at radius 3 is 0.956 bits per heavy atom. The minimum Gasteiger partial charge on any atom is -0.478 e. The molecule has 0 atom stereocenters. The Kier molecular flexibility index (Phi) is 19.1. The molecule has 0 aromatic heterocycles. The van der Waals surface area contributed by atoms with Crippen molar-refractivity contribution in [3.8, 4) is 0 Å². The summed E-state index contributed by atoms with van der Waals surface area (Å²) in [6, 6.07) is 12.4. The monoisotopic (exact) mass is 663 g/mol. The molecule has 0 fully saturated rings. The number of carboxylic acid groups (broad SMARTS) is 6. The molecule has 1 radical (unpaired) electrons. The van der Waals surface area contributed by atoms with Gasteiger partial charge in [-0.05, 0) is 60.7 Å². The molecule has 0 aliphatic rings. The van der Waals surface area contributed by atoms with Gasteiger partial charge in [0, 0.05) is 29.6 Å². The van der Waals surface area contributed by atoms with Crippen molar-refractivity contribution in [2.24, 2.45) is 0 Å². The molecule has 17 nitrogen and oxygen atoms in total. The predicted octanol–water partition coefficient (Wildman–Crippen LogP) is 1.09. The van der Waals surface area contributed by atoms with Crippen LogP contribution in [0.25, 0.3) is 0 Å². The van der Waals surface area contributed by atoms with Gasteiger partial charge >= 0.3 is 35.8 Å². The number of rotatable bonds is 8. The van der Waals surface area contributed by atoms with E-state index in [9.17, 15) is 37.2 Å². The first-order chi connectivity index (χ1) is 20.3. The fraction of sp³-hybridized carbons (Fsp3) is 0.0769. The zero-order valence-corrected chi connectivity index (χ0v) is 25.8. The first-order valence-corrected chi connectivity index (χ1v) is 12.7. The van der Waals surface area contributed by atoms with E-state index < -0.39 is 62.0 Å². The molecule has 0 bridgehead atoms. The molecule has 0 spiro atoms. The summed E-state index contributed by atoms with van der Waals surface area (Å²) in [5.74, 6) is -7.36. The van der Waals surface area contributed by atoms with Crippen molar-refractivity contribution in [2.75, 3.05) is 13.2 Å². The van der Waals surface area contributed by atoms with Crippen molar-refractivity contribution in [1.29, 1.82) is 0 Å². The maximum absolute atomic E-state index is 10.8. The van der Waals surface area contributed by atoms with Crippen LogP contribution in [0.4, 0.5) is 0 Å². The molecule has 0 amide bonds. The van der Waals surface area contributed by atoms with Crippen LogP contribution in [0, 0.1) is 0 Å². The molecule has 19 heteroatoms. The molecule has 0 aliphatic carbocycles. The standard InChI is InChI=1S/C8H6O7S.2C8H6O4.C2H6O2.Na/c9-7(10)4-1-5(8(11)12)3-6(2-4)16(13,14)15;9-7(10)5-1-2-6(4-3-5)8(11)12;9-7(10)5-2-1-3-6(4-5)8(11)12;3-1-2-4;/h1-3H,(H,9,10)(H,11,12)(H,13,14,15);2*1-4H,(H,9,10)(H,11,12);3-4H,1-2H2;. The minimum absolute atomic E-state index is 0. The van der Waals surface area contributed by atoms with Crippen molar-refractivity contribution in [3.05, 3.63) is 100 Å². The van der Waals surface area contributed by atoms with Crippen molar-refractivity contribution in [3.63, 3.8) is 0 Å². The van der Waals surface area contributed by atoms with Gasteiger partial charge in [0.2, 0.25) is 0 Å². The van der Waals surface area contributed by atoms with Crippen LogP contribution in [0.1, 0.15) is 62.1 Å². The number of carboxylic acids is 6. The second kappa shape index (κ2) is 20.3. The molecule has 3 aromatic rings. The number of carbonyl (C=O) groups is 6. The molecule has 237 valence electrons. The van der Waals surface area contributed by atoms with Gasteiger partial charge in [0.25, 0.3) is 10.1 Å². The van der Waals surface area contributed by atoms with Crippen LogP contribution < -0.4 is 0 Å². The van der Waals surface area contributed by atoms with E-state index in [-0.39, 0.29) is 65.0 Å². The maximum atomic E-state index is 10.8. The summed E-state index contributed by atoms with van der Waals surface area (Å²) in [6.07, 6.45) is 0. The largest absolute Gasteiger partial charge is 0.478 e. The summed E-state index contributed by atoms with van der Waals surface area (Å²) in [7, 11) is -4.64. The Morgan fingerprint density at radius 2 is 0.733 bits per heavy atom. The van der Waals surface area contributed by atoms with Gasteiger partial charge in [-0.25, -0.2) is 28.8 Å². The Balaban J connectivity index is 0. The van der Waals surface area contributed by atoms with E-state index in [4.69, 9.17) is 45.4 Å². The van der Waals surface area contributed by atoms with Gasteiger partial charge in [-0.2, -0.15) is 8.42 Å². The number of hydrogen-bond acceptors (Lipinski definition) is 10. The van der Waals surface area contributed by atoms with Gasteiger partial charge in [-0.3, -0.25) is 4.55 Å². The summed E-state index contributed by atoms with van der Waals surface area (Å²) < 4.78 is 30.2. The molecule has 0 unspecified atom stereocenters. The SMILES string of the molecule is O=C(O)c1cc(C(=O)O)cc(S(=O)(=O)O)c1.O=C(O)c1ccc(C(=O)O)cc1.O=C(O)c1cccc(C(=O)O)c1.OCCO.[Na]. The molecule has 0 heterocycles. The molecule has 9 N–H and O–H groups in total. The van der Waals surface area contributed by atoms with E-state index in [0.717, 1.165) is 12.1 Å². The van der Waals surface area contributed by atoms with E-state index >= 15 is 0 Å². The number of aliphatic hydroxyl groups excluding tert-OH is 2. The maximum Gasteiger partial charge on any atom is 0.335 e. The molecule has 3 rings (SSSR count). The van der Waals surface area contributed by atoms with Crippen LogP contribution in [0.15, 0.2) is 71.6 Å². The van der Waals surface area contributed by atoms with Gasteiger partial charge in [-0.1, -0.05) is 6.07 Å². The predicted molar refractivity (Wildman–Crippen MR) is 151 cm³/mol. The van der Waals surface area contributed by atoms with Crippen LogP contribution in [0.3, 0.4) is 0 Å². The topological polar surface area (TPSA) is 319 Å². The second-order valence-corrected chi connectivity index (χ2v) is 9.08. The molecule has 45 heavy (non-hydrogen) atoms. The van der Waals surface area contributed by atoms with E-state index in [1.807, 2.05) is 0 Å². The normalized spacial score (nSPS) is 9.58. The van der Waals surface area contributed by atoms with E-state index in [1.54, 1.807) is 0 Å². The summed E-state index contributed by atoms with van der Waals surface area (Å²) >= 11 is 0. The summed E-state index contributed by atoms with van der Waals surface area (Å²) in [5, 5.41) is 66.4. The van der Waals surface area contributed by atoms with Crippen LogP contribution in [0.5, 0.6) is 0 Å². The fourth-order valence-electron chi connectivity index (χ4n) is 2.54. The average Bonchev–Trinajstić information content (AvgIpc) is 2.97. The molecule has 0 saturated carbocycles. The average molecular weight is 664 g/mol. The van der Waals surface area contributed by atoms with E-state index in [2.05, 4.69) is 0 Å². The van der Waals surface area contributed by atoms with Gasteiger partial charge in [0.05, 0.1) is 51.5 Å². The Hall–Kier alpha value is -4.69. The molecule has 0 saturated heterocycles. The summed E-state index contributed by atoms with van der Waals surface area (Å²) in [6.45, 7) is -0.250. The molecular formula is C26H24NaO17S. The second-order valence-electron chi connectivity index (χ2n) is 7.66. The third kappa shape index (κ3) is 16.1. The number of hydrogen-bond donors (Lipinski definition) is 9. The van der Waals surface area contributed by atoms with E-state index in [0.29, 0.717) is 12.1 Å². The van der Waals surface area contributed by atoms with Crippen molar-refractivity contribution in [2.45, 2.75) is 4.90 Å². The van der Waals surface area contributed by atoms with Crippen molar-refractivity contribution < 1.29 is 82.6 Å². The Labute approximate surface area is 275 Å². The van der Waals surface area contributed by atoms with Crippen molar-refractivity contribution in [1.82, 2.24) is 0 Å². The minimum atomic E-state index is -4.64. The van der Waals surface area contributed by atoms with E-state index in [1.165, 1.54) is 42.5 Å².